The average molecular weight is 474 g/mol. The molecule has 3 N–H and O–H groups in total. The fourth-order valence-corrected chi connectivity index (χ4v) is 3.81. The molecule has 0 fully saturated rings. The molecular weight excluding hydrogens is 457 g/mol. The summed E-state index contributed by atoms with van der Waals surface area (Å²) < 4.78 is 19.9. The predicted octanol–water partition coefficient (Wildman–Crippen LogP) is 2.30. The SMILES string of the molecule is O=C(O)CNC(=O)c1c(O)c2c(n(Cc3ccc(-c4ccc(F)cc4Cl)nc3)c1=O)COC2. The highest BCUT2D eigenvalue weighted by Crippen LogP contribution is 2.30. The molecule has 0 bridgehead atoms. The van der Waals surface area contributed by atoms with E-state index in [4.69, 9.17) is 21.4 Å². The third-order valence-electron chi connectivity index (χ3n) is 5.14. The van der Waals surface area contributed by atoms with Gasteiger partial charge in [0.25, 0.3) is 11.5 Å². The number of pyridine rings is 2. The molecule has 9 nitrogen and oxygen atoms in total. The number of halogens is 2. The normalized spacial score (nSPS) is 12.4. The Kier molecular flexibility index (Phi) is 6.12. The van der Waals surface area contributed by atoms with E-state index in [1.807, 2.05) is 0 Å². The molecular formula is C22H17ClFN3O6. The molecule has 0 aliphatic carbocycles. The lowest BCUT2D eigenvalue weighted by Gasteiger charge is -2.15. The number of fused-ring (bicyclic) bond motifs is 1. The Morgan fingerprint density at radius 2 is 2.03 bits per heavy atom. The number of rotatable bonds is 6. The summed E-state index contributed by atoms with van der Waals surface area (Å²) in [7, 11) is 0. The lowest BCUT2D eigenvalue weighted by molar-refractivity contribution is -0.135. The van der Waals surface area contributed by atoms with Crippen LogP contribution in [-0.4, -0.2) is 38.2 Å². The number of carboxylic acids is 1. The van der Waals surface area contributed by atoms with Gasteiger partial charge in [-0.25, -0.2) is 4.39 Å². The van der Waals surface area contributed by atoms with Crippen LogP contribution in [0.25, 0.3) is 11.3 Å². The molecule has 1 aliphatic rings. The Morgan fingerprint density at radius 3 is 2.70 bits per heavy atom. The summed E-state index contributed by atoms with van der Waals surface area (Å²) >= 11 is 6.09. The molecule has 170 valence electrons. The summed E-state index contributed by atoms with van der Waals surface area (Å²) in [6, 6.07) is 7.33. The van der Waals surface area contributed by atoms with Crippen LogP contribution in [0.4, 0.5) is 4.39 Å². The number of nitrogens with one attached hydrogen (secondary N) is 1. The molecule has 3 aromatic rings. The molecule has 33 heavy (non-hydrogen) atoms. The Balaban J connectivity index is 1.69. The highest BCUT2D eigenvalue weighted by molar-refractivity contribution is 6.33. The Labute approximate surface area is 191 Å². The highest BCUT2D eigenvalue weighted by Gasteiger charge is 2.29. The quantitative estimate of drug-likeness (QED) is 0.500. The smallest absolute Gasteiger partial charge is 0.322 e. The third kappa shape index (κ3) is 4.43. The molecule has 0 atom stereocenters. The van der Waals surface area contributed by atoms with Gasteiger partial charge in [0.15, 0.2) is 0 Å². The molecule has 0 spiro atoms. The van der Waals surface area contributed by atoms with Crippen LogP contribution in [0.3, 0.4) is 0 Å². The van der Waals surface area contributed by atoms with E-state index < -0.39 is 41.1 Å². The van der Waals surface area contributed by atoms with Crippen molar-refractivity contribution < 1.29 is 28.9 Å². The third-order valence-corrected chi connectivity index (χ3v) is 5.45. The zero-order chi connectivity index (χ0) is 23.7. The van der Waals surface area contributed by atoms with Gasteiger partial charge in [0.1, 0.15) is 23.7 Å². The van der Waals surface area contributed by atoms with Crippen molar-refractivity contribution in [2.45, 2.75) is 19.8 Å². The van der Waals surface area contributed by atoms with E-state index in [1.54, 1.807) is 12.1 Å². The lowest BCUT2D eigenvalue weighted by Crippen LogP contribution is -2.37. The van der Waals surface area contributed by atoms with Crippen molar-refractivity contribution in [3.63, 3.8) is 0 Å². The molecule has 3 heterocycles. The van der Waals surface area contributed by atoms with Crippen LogP contribution in [0.2, 0.25) is 5.02 Å². The van der Waals surface area contributed by atoms with Crippen LogP contribution < -0.4 is 10.9 Å². The van der Waals surface area contributed by atoms with Crippen molar-refractivity contribution in [3.05, 3.63) is 80.1 Å². The van der Waals surface area contributed by atoms with E-state index in [9.17, 15) is 23.9 Å². The second-order valence-electron chi connectivity index (χ2n) is 7.29. The zero-order valence-corrected chi connectivity index (χ0v) is 17.7. The van der Waals surface area contributed by atoms with E-state index in [2.05, 4.69) is 10.3 Å². The topological polar surface area (TPSA) is 131 Å². The number of carbonyl (C=O) groups is 2. The molecule has 1 amide bonds. The number of ether oxygens (including phenoxy) is 1. The van der Waals surface area contributed by atoms with Gasteiger partial charge in [0.05, 0.1) is 36.2 Å². The van der Waals surface area contributed by atoms with Gasteiger partial charge in [-0.3, -0.25) is 19.4 Å². The van der Waals surface area contributed by atoms with Crippen molar-refractivity contribution in [1.82, 2.24) is 14.9 Å². The standard InChI is InChI=1S/C22H17ClFN3O6/c23-15-5-12(24)2-3-13(15)16-4-1-11(6-25-16)8-27-17-10-33-9-14(17)20(30)19(22(27)32)21(31)26-7-18(28)29/h1-6,30H,7-10H2,(H,26,31)(H,28,29). The van der Waals surface area contributed by atoms with Crippen LogP contribution in [0, 0.1) is 5.82 Å². The number of carboxylic acid groups (broad SMARTS) is 1. The zero-order valence-electron chi connectivity index (χ0n) is 17.0. The van der Waals surface area contributed by atoms with Gasteiger partial charge in [0.2, 0.25) is 0 Å². The first-order chi connectivity index (χ1) is 15.8. The van der Waals surface area contributed by atoms with E-state index in [-0.39, 0.29) is 30.3 Å². The molecule has 1 aliphatic heterocycles. The molecule has 1 aromatic carbocycles. The summed E-state index contributed by atoms with van der Waals surface area (Å²) in [5.41, 5.74) is 1.02. The summed E-state index contributed by atoms with van der Waals surface area (Å²) in [6.07, 6.45) is 1.51. The van der Waals surface area contributed by atoms with Gasteiger partial charge in [-0.2, -0.15) is 0 Å². The summed E-state index contributed by atoms with van der Waals surface area (Å²) in [5.74, 6) is -3.28. The van der Waals surface area contributed by atoms with Gasteiger partial charge >= 0.3 is 5.97 Å². The van der Waals surface area contributed by atoms with Gasteiger partial charge < -0.3 is 24.8 Å². The number of aliphatic carboxylic acids is 1. The van der Waals surface area contributed by atoms with Crippen LogP contribution in [-0.2, 0) is 29.3 Å². The van der Waals surface area contributed by atoms with Gasteiger partial charge in [0, 0.05) is 17.3 Å². The van der Waals surface area contributed by atoms with Crippen LogP contribution in [0.5, 0.6) is 5.75 Å². The lowest BCUT2D eigenvalue weighted by atomic mass is 10.1. The molecule has 2 aromatic heterocycles. The molecule has 11 heteroatoms. The van der Waals surface area contributed by atoms with Crippen molar-refractivity contribution in [2.75, 3.05) is 6.54 Å². The van der Waals surface area contributed by atoms with E-state index >= 15 is 0 Å². The van der Waals surface area contributed by atoms with Crippen molar-refractivity contribution in [3.8, 4) is 17.0 Å². The Bertz CT molecular complexity index is 1320. The maximum atomic E-state index is 13.3. The molecule has 0 saturated carbocycles. The second-order valence-corrected chi connectivity index (χ2v) is 7.69. The van der Waals surface area contributed by atoms with Gasteiger partial charge in [-0.1, -0.05) is 17.7 Å². The fourth-order valence-electron chi connectivity index (χ4n) is 3.55. The second kappa shape index (κ2) is 9.00. The van der Waals surface area contributed by atoms with Gasteiger partial charge in [-0.05, 0) is 29.8 Å². The minimum Gasteiger partial charge on any atom is -0.506 e. The first-order valence-corrected chi connectivity index (χ1v) is 10.1. The number of nitrogens with zero attached hydrogens (tertiary/aromatic N) is 2. The van der Waals surface area contributed by atoms with E-state index in [0.717, 1.165) is 0 Å². The maximum absolute atomic E-state index is 13.3. The van der Waals surface area contributed by atoms with Crippen molar-refractivity contribution in [1.29, 1.82) is 0 Å². The van der Waals surface area contributed by atoms with Gasteiger partial charge in [-0.15, -0.1) is 0 Å². The highest BCUT2D eigenvalue weighted by atomic mass is 35.5. The summed E-state index contributed by atoms with van der Waals surface area (Å²) in [6.45, 7) is -0.621. The first-order valence-electron chi connectivity index (χ1n) is 9.72. The number of hydrogen-bond acceptors (Lipinski definition) is 6. The number of amides is 1. The summed E-state index contributed by atoms with van der Waals surface area (Å²) in [4.78, 5) is 40.6. The average Bonchev–Trinajstić information content (AvgIpc) is 3.26. The molecule has 4 rings (SSSR count). The van der Waals surface area contributed by atoms with Crippen LogP contribution >= 0.6 is 11.6 Å². The number of hydrogen-bond donors (Lipinski definition) is 3. The van der Waals surface area contributed by atoms with Crippen molar-refractivity contribution >= 4 is 23.5 Å². The summed E-state index contributed by atoms with van der Waals surface area (Å²) in [5, 5.41) is 21.5. The van der Waals surface area contributed by atoms with E-state index in [1.165, 1.54) is 29.0 Å². The minimum atomic E-state index is -1.29. The monoisotopic (exact) mass is 473 g/mol. The Morgan fingerprint density at radius 1 is 1.24 bits per heavy atom. The van der Waals surface area contributed by atoms with Crippen molar-refractivity contribution in [2.24, 2.45) is 0 Å². The first kappa shape index (κ1) is 22.4. The molecule has 0 saturated heterocycles. The Hall–Kier alpha value is -3.76. The number of benzene rings is 1. The number of aromatic nitrogens is 2. The van der Waals surface area contributed by atoms with E-state index in [0.29, 0.717) is 22.5 Å². The fraction of sp³-hybridized carbons (Fsp3) is 0.182. The van der Waals surface area contributed by atoms with Crippen LogP contribution in [0.1, 0.15) is 27.2 Å². The minimum absolute atomic E-state index is 0.000904. The number of aromatic hydroxyl groups is 1. The predicted molar refractivity (Wildman–Crippen MR) is 115 cm³/mol. The number of carbonyl (C=O) groups excluding carboxylic acids is 1. The molecule has 0 radical (unpaired) electrons. The largest absolute Gasteiger partial charge is 0.506 e. The molecule has 0 unspecified atom stereocenters. The maximum Gasteiger partial charge on any atom is 0.322 e. The van der Waals surface area contributed by atoms with Crippen LogP contribution in [0.15, 0.2) is 41.3 Å².